The lowest BCUT2D eigenvalue weighted by Crippen LogP contribution is -2.66. The molecule has 6 nitrogen and oxygen atoms in total. The van der Waals surface area contributed by atoms with E-state index in [1.807, 2.05) is 19.2 Å². The van der Waals surface area contributed by atoms with Crippen LogP contribution in [0.2, 0.25) is 0 Å². The summed E-state index contributed by atoms with van der Waals surface area (Å²) in [4.78, 5) is 28.1. The van der Waals surface area contributed by atoms with E-state index in [2.05, 4.69) is 22.1 Å². The highest BCUT2D eigenvalue weighted by molar-refractivity contribution is 5.93. The van der Waals surface area contributed by atoms with Crippen molar-refractivity contribution in [2.45, 2.75) is 12.5 Å². The quantitative estimate of drug-likeness (QED) is 0.785. The number of hydrogen-bond acceptors (Lipinski definition) is 4. The first-order chi connectivity index (χ1) is 9.93. The standard InChI is InChI=1S/C15H17N3O3/c1-15(16-2)7-18(8-15)9-3-4-10-12(5-9)17-6-11(13(10)19)14(20)21/h3-6,16H,7-8H2,1-2H3,(H,17,19)(H,20,21). The van der Waals surface area contributed by atoms with Crippen LogP contribution >= 0.6 is 0 Å². The van der Waals surface area contributed by atoms with Gasteiger partial charge in [0.2, 0.25) is 5.43 Å². The molecule has 110 valence electrons. The van der Waals surface area contributed by atoms with Crippen molar-refractivity contribution in [1.82, 2.24) is 10.3 Å². The topological polar surface area (TPSA) is 85.4 Å². The third kappa shape index (κ3) is 2.17. The van der Waals surface area contributed by atoms with Gasteiger partial charge in [-0.25, -0.2) is 4.79 Å². The van der Waals surface area contributed by atoms with E-state index in [1.165, 1.54) is 6.20 Å². The van der Waals surface area contributed by atoms with E-state index in [4.69, 9.17) is 5.11 Å². The highest BCUT2D eigenvalue weighted by Gasteiger charge is 2.37. The number of carboxylic acids is 1. The number of anilines is 1. The van der Waals surface area contributed by atoms with Gasteiger partial charge in [-0.1, -0.05) is 0 Å². The van der Waals surface area contributed by atoms with Gasteiger partial charge in [-0.3, -0.25) is 4.79 Å². The number of carboxylic acid groups (broad SMARTS) is 1. The largest absolute Gasteiger partial charge is 0.477 e. The molecule has 3 rings (SSSR count). The predicted octanol–water partition coefficient (Wildman–Crippen LogP) is 1.02. The van der Waals surface area contributed by atoms with Gasteiger partial charge in [0, 0.05) is 30.4 Å². The van der Waals surface area contributed by atoms with E-state index in [9.17, 15) is 9.59 Å². The zero-order valence-corrected chi connectivity index (χ0v) is 11.9. The van der Waals surface area contributed by atoms with Crippen LogP contribution in [0.3, 0.4) is 0 Å². The first-order valence-corrected chi connectivity index (χ1v) is 6.76. The van der Waals surface area contributed by atoms with Crippen LogP contribution in [-0.2, 0) is 0 Å². The summed E-state index contributed by atoms with van der Waals surface area (Å²) in [5.41, 5.74) is 1.11. The van der Waals surface area contributed by atoms with E-state index in [1.54, 1.807) is 6.07 Å². The number of aromatic amines is 1. The molecule has 0 bridgehead atoms. The summed E-state index contributed by atoms with van der Waals surface area (Å²) in [6.07, 6.45) is 1.25. The molecule has 6 heteroatoms. The summed E-state index contributed by atoms with van der Waals surface area (Å²) in [6, 6.07) is 5.43. The maximum atomic E-state index is 12.1. The van der Waals surface area contributed by atoms with Gasteiger partial charge in [-0.05, 0) is 32.2 Å². The molecule has 2 aromatic rings. The molecule has 2 heterocycles. The first-order valence-electron chi connectivity index (χ1n) is 6.76. The summed E-state index contributed by atoms with van der Waals surface area (Å²) in [6.45, 7) is 3.95. The minimum absolute atomic E-state index is 0.121. The number of aromatic nitrogens is 1. The number of pyridine rings is 1. The number of benzene rings is 1. The molecule has 1 saturated heterocycles. The SMILES string of the molecule is CNC1(C)CN(c2ccc3c(=O)c(C(=O)O)c[nH]c3c2)C1. The van der Waals surface area contributed by atoms with E-state index < -0.39 is 11.4 Å². The molecule has 1 aromatic heterocycles. The molecule has 0 unspecified atom stereocenters. The first kappa shape index (κ1) is 13.6. The van der Waals surface area contributed by atoms with Gasteiger partial charge in [-0.2, -0.15) is 0 Å². The Morgan fingerprint density at radius 1 is 1.43 bits per heavy atom. The zero-order valence-electron chi connectivity index (χ0n) is 11.9. The molecule has 0 amide bonds. The molecule has 1 aromatic carbocycles. The van der Waals surface area contributed by atoms with Crippen molar-refractivity contribution in [3.63, 3.8) is 0 Å². The molecule has 0 saturated carbocycles. The van der Waals surface area contributed by atoms with Crippen molar-refractivity contribution in [2.24, 2.45) is 0 Å². The van der Waals surface area contributed by atoms with Gasteiger partial charge in [0.1, 0.15) is 5.56 Å². The average molecular weight is 287 g/mol. The third-order valence-electron chi connectivity index (χ3n) is 4.14. The van der Waals surface area contributed by atoms with Gasteiger partial charge in [-0.15, -0.1) is 0 Å². The summed E-state index contributed by atoms with van der Waals surface area (Å²) in [5.74, 6) is -1.21. The smallest absolute Gasteiger partial charge is 0.341 e. The second-order valence-electron chi connectivity index (χ2n) is 5.73. The number of rotatable bonds is 3. The Bertz CT molecular complexity index is 775. The molecule has 3 N–H and O–H groups in total. The second kappa shape index (κ2) is 4.60. The minimum Gasteiger partial charge on any atom is -0.477 e. The van der Waals surface area contributed by atoms with Crippen LogP contribution in [-0.4, -0.2) is 41.7 Å². The Kier molecular flexibility index (Phi) is 2.98. The van der Waals surface area contributed by atoms with Crippen LogP contribution in [0, 0.1) is 0 Å². The minimum atomic E-state index is -1.21. The number of hydrogen-bond donors (Lipinski definition) is 3. The summed E-state index contributed by atoms with van der Waals surface area (Å²) in [7, 11) is 1.95. The molecule has 1 aliphatic heterocycles. The molecule has 1 aliphatic rings. The lowest BCUT2D eigenvalue weighted by Gasteiger charge is -2.49. The van der Waals surface area contributed by atoms with E-state index in [0.29, 0.717) is 10.9 Å². The van der Waals surface area contributed by atoms with E-state index >= 15 is 0 Å². The van der Waals surface area contributed by atoms with E-state index in [0.717, 1.165) is 18.8 Å². The molecule has 0 aliphatic carbocycles. The number of H-pyrrole nitrogens is 1. The molecule has 1 fully saturated rings. The number of carbonyl (C=O) groups is 1. The van der Waals surface area contributed by atoms with Crippen LogP contribution in [0.5, 0.6) is 0 Å². The number of aromatic carboxylic acids is 1. The van der Waals surface area contributed by atoms with Crippen molar-refractivity contribution in [1.29, 1.82) is 0 Å². The fraction of sp³-hybridized carbons (Fsp3) is 0.333. The zero-order chi connectivity index (χ0) is 15.2. The van der Waals surface area contributed by atoms with Crippen LogP contribution in [0.1, 0.15) is 17.3 Å². The molecular weight excluding hydrogens is 270 g/mol. The number of nitrogens with zero attached hydrogens (tertiary/aromatic N) is 1. The molecule has 21 heavy (non-hydrogen) atoms. The fourth-order valence-electron chi connectivity index (χ4n) is 2.70. The maximum Gasteiger partial charge on any atom is 0.341 e. The van der Waals surface area contributed by atoms with Crippen molar-refractivity contribution in [3.8, 4) is 0 Å². The molecule has 0 atom stereocenters. The van der Waals surface area contributed by atoms with Crippen LogP contribution < -0.4 is 15.6 Å². The monoisotopic (exact) mass is 287 g/mol. The Balaban J connectivity index is 1.98. The number of nitrogens with one attached hydrogen (secondary N) is 2. The Morgan fingerprint density at radius 3 is 2.76 bits per heavy atom. The van der Waals surface area contributed by atoms with Crippen LogP contribution in [0.4, 0.5) is 5.69 Å². The normalized spacial score (nSPS) is 16.8. The van der Waals surface area contributed by atoms with Gasteiger partial charge >= 0.3 is 5.97 Å². The lowest BCUT2D eigenvalue weighted by atomic mass is 9.91. The highest BCUT2D eigenvalue weighted by atomic mass is 16.4. The number of likely N-dealkylation sites (N-methyl/N-ethyl adjacent to an activating group) is 1. The number of fused-ring (bicyclic) bond motifs is 1. The van der Waals surface area contributed by atoms with Crippen LogP contribution in [0.15, 0.2) is 29.2 Å². The highest BCUT2D eigenvalue weighted by Crippen LogP contribution is 2.28. The van der Waals surface area contributed by atoms with Crippen molar-refractivity contribution in [3.05, 3.63) is 40.2 Å². The summed E-state index contributed by atoms with van der Waals surface area (Å²) >= 11 is 0. The maximum absolute atomic E-state index is 12.1. The summed E-state index contributed by atoms with van der Waals surface area (Å²) in [5, 5.41) is 12.6. The molecule has 0 radical (unpaired) electrons. The summed E-state index contributed by atoms with van der Waals surface area (Å²) < 4.78 is 0. The second-order valence-corrected chi connectivity index (χ2v) is 5.73. The van der Waals surface area contributed by atoms with Gasteiger partial charge in [0.15, 0.2) is 0 Å². The predicted molar refractivity (Wildman–Crippen MR) is 81.2 cm³/mol. The molecular formula is C15H17N3O3. The van der Waals surface area contributed by atoms with Crippen molar-refractivity contribution in [2.75, 3.05) is 25.0 Å². The van der Waals surface area contributed by atoms with Crippen molar-refractivity contribution >= 4 is 22.6 Å². The van der Waals surface area contributed by atoms with Gasteiger partial charge < -0.3 is 20.3 Å². The fourth-order valence-corrected chi connectivity index (χ4v) is 2.70. The average Bonchev–Trinajstić information content (AvgIpc) is 2.43. The lowest BCUT2D eigenvalue weighted by molar-refractivity contribution is 0.0695. The Labute approximate surface area is 121 Å². The van der Waals surface area contributed by atoms with E-state index in [-0.39, 0.29) is 11.1 Å². The van der Waals surface area contributed by atoms with Crippen LogP contribution in [0.25, 0.3) is 10.9 Å². The Hall–Kier alpha value is -2.34. The Morgan fingerprint density at radius 2 is 2.14 bits per heavy atom. The molecule has 0 spiro atoms. The third-order valence-corrected chi connectivity index (χ3v) is 4.14. The van der Waals surface area contributed by atoms with Crippen molar-refractivity contribution < 1.29 is 9.90 Å². The van der Waals surface area contributed by atoms with Gasteiger partial charge in [0.25, 0.3) is 0 Å². The van der Waals surface area contributed by atoms with Gasteiger partial charge in [0.05, 0.1) is 11.1 Å².